The van der Waals surface area contributed by atoms with Crippen LogP contribution in [0, 0.1) is 27.0 Å². The zero-order valence-corrected chi connectivity index (χ0v) is 82.5. The molecule has 0 aliphatic carbocycles. The molecule has 0 saturated carbocycles. The van der Waals surface area contributed by atoms with E-state index >= 15 is 33.6 Å². The van der Waals surface area contributed by atoms with Crippen molar-refractivity contribution in [2.75, 3.05) is 63.9 Å². The van der Waals surface area contributed by atoms with Gasteiger partial charge in [-0.1, -0.05) is 66.7 Å². The van der Waals surface area contributed by atoms with Crippen LogP contribution in [0.4, 0.5) is 9.59 Å². The lowest BCUT2D eigenvalue weighted by Gasteiger charge is -2.31. The summed E-state index contributed by atoms with van der Waals surface area (Å²) in [6.07, 6.45) is -3.04. The number of phenols is 2. The molecule has 1 aliphatic rings. The number of aliphatic carboxylic acids is 1. The van der Waals surface area contributed by atoms with Crippen LogP contribution in [0.1, 0.15) is 139 Å². The second-order valence-corrected chi connectivity index (χ2v) is 35.2. The number of thiol groups is 2. The van der Waals surface area contributed by atoms with Gasteiger partial charge in [0.1, 0.15) is 96.1 Å². The van der Waals surface area contributed by atoms with Gasteiger partial charge in [-0.15, -0.1) is 0 Å². The molecule has 18 amide bonds. The Morgan fingerprint density at radius 2 is 0.637 bits per heavy atom. The smallest absolute Gasteiger partial charge is 0.312 e. The first-order valence-electron chi connectivity index (χ1n) is 47.3. The van der Waals surface area contributed by atoms with Gasteiger partial charge in [0.05, 0.1) is 0 Å². The van der Waals surface area contributed by atoms with Crippen LogP contribution >= 0.6 is 25.3 Å². The molecule has 0 unspecified atom stereocenters. The number of rotatable bonds is 66. The second-order valence-electron chi connectivity index (χ2n) is 34.4. The molecule has 4 aromatic carbocycles. The monoisotopic (exact) mass is 2080 g/mol. The molecular weight excluding hydrogens is 1940 g/mol. The number of aromatic hydroxyl groups is 2. The Balaban J connectivity index is 1.48. The number of fused-ring (bicyclic) bond motifs is 1. The first kappa shape index (κ1) is 121. The van der Waals surface area contributed by atoms with Crippen LogP contribution in [-0.2, 0) is 91.2 Å². The maximum Gasteiger partial charge on any atom is 0.312 e. The van der Waals surface area contributed by atoms with E-state index < -0.39 is 228 Å². The molecule has 0 bridgehead atoms. The van der Waals surface area contributed by atoms with E-state index in [0.29, 0.717) is 16.7 Å². The number of carboxylic acids is 1. The van der Waals surface area contributed by atoms with Crippen LogP contribution in [0.15, 0.2) is 91.0 Å². The SMILES string of the molecule is N=C(N)NCCC[C@H](NC(=O)[C@H](CS)NC(=O)[C@H](CCCNC(N)=O)NC(=O)[C@H](CCCNC(=N)N)NC(=O)[C@H](Cc1ccc(O)cc1)NC(=O)[C@@H]1CCCN1C(=O)[C@@H](CCC(=O)O)NC(=O)[C@H](CCCCN)NC(=O)[C@H](CCCNC(N)=O)NC(=O)[C@H](Cc1ccc(O)cc1)NC(=O)[C@H](CS)NC(=O)[C@H](Cc1ccc2ccccc2c1)NC(=O)[C@H](CCCNC(=N)N)NC(=O)[C@H](CCCNC(=N)N)NC(=N)N)C(N)=O. The lowest BCUT2D eigenvalue weighted by atomic mass is 10.00. The Bertz CT molecular complexity index is 5150. The molecule has 0 spiro atoms. The minimum atomic E-state index is -1.80. The van der Waals surface area contributed by atoms with Crippen molar-refractivity contribution in [3.63, 3.8) is 0 Å². The number of primary amides is 3. The van der Waals surface area contributed by atoms with E-state index in [4.69, 9.17) is 78.6 Å². The van der Waals surface area contributed by atoms with E-state index in [1.807, 2.05) is 18.2 Å². The largest absolute Gasteiger partial charge is 0.508 e. The molecule has 14 atom stereocenters. The van der Waals surface area contributed by atoms with Crippen molar-refractivity contribution in [1.82, 2.24) is 106 Å². The molecule has 146 heavy (non-hydrogen) atoms. The highest BCUT2D eigenvalue weighted by atomic mass is 32.1. The molecule has 1 heterocycles. The standard InChI is InChI=1S/C90H140N34O20S2/c91-34-4-3-14-56(73(132)117-62(32-33-69(127)128)83(142)124-41-11-21-68(124)82(141)120-64(44-49-25-30-54(126)31-26-49)78(137)116-57(16-6-36-106-85(95)96)72(131)113-60(19-10-40-110-90(104)144)75(134)121-66(46-145)80(139)111-55(70(92)129)15-5-35-105-84(93)94)112-71(130)58(18-9-39-109-89(103)143)115-77(136)63(43-48-23-28-53(125)29-24-48)119-81(140)67(47-146)122-79(138)65(45-50-22-27-51-12-1-2-13-52(51)42-50)118-74(133)59(17-7-37-107-86(97)98)114-76(135)61(123-88(101)102)20-8-38-108-87(99)100/h1-2,12-13,22-31,42,55-68,125-126,145-146H,3-11,14-21,32-41,43-47,91H2,(H2,92,129)(H,111,139)(H,112,130)(H,113,131)(H,114,135)(H,115,136)(H,116,137)(H,117,132)(H,118,133)(H,119,140)(H,120,141)(H,121,134)(H,122,138)(H,127,128)(H4,93,94,105)(H4,95,96,106)(H4,97,98,107)(H4,99,100,108)(H4,101,102,123)(H3,103,109,143)(H3,104,110,144)/t55-,56-,57-,58-,59-,60-,61-,62+,63-,64-,65-,66-,67-,68-/m0/s1. The van der Waals surface area contributed by atoms with Crippen LogP contribution in [0.3, 0.4) is 0 Å². The minimum absolute atomic E-state index is 0.0112. The number of hydrogen-bond acceptors (Lipinski definition) is 27. The van der Waals surface area contributed by atoms with Crippen molar-refractivity contribution in [2.45, 2.75) is 226 Å². The number of carbonyl (C=O) groups excluding carboxylic acids is 16. The molecule has 0 radical (unpaired) electrons. The van der Waals surface area contributed by atoms with Crippen molar-refractivity contribution < 1.29 is 96.8 Å². The summed E-state index contributed by atoms with van der Waals surface area (Å²) in [5.41, 5.74) is 50.9. The number of nitrogens with two attached hydrogens (primary N) is 9. The number of hydrogen-bond donors (Lipinski definition) is 38. The zero-order valence-electron chi connectivity index (χ0n) is 80.7. The number of carboxylic acid groups (broad SMARTS) is 1. The summed E-state index contributed by atoms with van der Waals surface area (Å²) in [5.74, 6) is -18.8. The van der Waals surface area contributed by atoms with Crippen molar-refractivity contribution in [3.05, 3.63) is 108 Å². The van der Waals surface area contributed by atoms with Crippen LogP contribution in [0.2, 0.25) is 0 Å². The molecule has 1 aliphatic heterocycles. The third-order valence-corrected chi connectivity index (χ3v) is 23.7. The van der Waals surface area contributed by atoms with E-state index in [9.17, 15) is 63.3 Å². The third kappa shape index (κ3) is 45.3. The van der Waals surface area contributed by atoms with Crippen LogP contribution in [0.5, 0.6) is 11.5 Å². The van der Waals surface area contributed by atoms with Gasteiger partial charge >= 0.3 is 18.0 Å². The van der Waals surface area contributed by atoms with E-state index in [1.54, 1.807) is 24.3 Å². The van der Waals surface area contributed by atoms with Crippen LogP contribution in [-0.4, -0.2) is 299 Å². The zero-order chi connectivity index (χ0) is 108. The predicted molar refractivity (Wildman–Crippen MR) is 545 cm³/mol. The van der Waals surface area contributed by atoms with E-state index in [0.717, 1.165) is 15.7 Å². The Hall–Kier alpha value is -15.7. The molecule has 54 nitrogen and oxygen atoms in total. The summed E-state index contributed by atoms with van der Waals surface area (Å²) in [7, 11) is 0. The molecule has 0 aromatic heterocycles. The van der Waals surface area contributed by atoms with Gasteiger partial charge in [0.25, 0.3) is 0 Å². The summed E-state index contributed by atoms with van der Waals surface area (Å²) in [6.45, 7) is -0.222. The number of likely N-dealkylation sites (tertiary alicyclic amines) is 1. The highest BCUT2D eigenvalue weighted by Crippen LogP contribution is 2.24. The molecule has 4 aromatic rings. The van der Waals surface area contributed by atoms with E-state index in [1.165, 1.54) is 48.5 Å². The summed E-state index contributed by atoms with van der Waals surface area (Å²) in [6, 6.07) is -0.518. The molecule has 45 N–H and O–H groups in total. The molecule has 1 saturated heterocycles. The van der Waals surface area contributed by atoms with E-state index in [2.05, 4.69) is 126 Å². The molecule has 1 fully saturated rings. The van der Waals surface area contributed by atoms with Crippen molar-refractivity contribution in [1.29, 1.82) is 27.0 Å². The van der Waals surface area contributed by atoms with Crippen molar-refractivity contribution in [2.24, 2.45) is 51.6 Å². The number of nitrogens with zero attached hydrogens (tertiary/aromatic N) is 1. The fourth-order valence-corrected chi connectivity index (χ4v) is 15.9. The van der Waals surface area contributed by atoms with Crippen LogP contribution < -0.4 is 153 Å². The third-order valence-electron chi connectivity index (χ3n) is 22.9. The van der Waals surface area contributed by atoms with Crippen molar-refractivity contribution >= 4 is 167 Å². The van der Waals surface area contributed by atoms with Gasteiger partial charge in [0.15, 0.2) is 29.8 Å². The highest BCUT2D eigenvalue weighted by molar-refractivity contribution is 7.80. The normalized spacial score (nSPS) is 14.6. The van der Waals surface area contributed by atoms with Gasteiger partial charge in [-0.25, -0.2) is 9.59 Å². The number of carbonyl (C=O) groups is 17. The van der Waals surface area contributed by atoms with E-state index in [-0.39, 0.29) is 204 Å². The Labute approximate surface area is 852 Å². The Kier molecular flexibility index (Phi) is 53.0. The number of phenolic OH excluding ortho intramolecular Hbond substituents is 2. The quantitative estimate of drug-likeness (QED) is 0.00845. The maximum atomic E-state index is 15.3. The van der Waals surface area contributed by atoms with Gasteiger partial charge in [-0.05, 0) is 174 Å². The van der Waals surface area contributed by atoms with Gasteiger partial charge < -0.3 is 173 Å². The second kappa shape index (κ2) is 64.1. The minimum Gasteiger partial charge on any atom is -0.508 e. The topological polar surface area (TPSA) is 936 Å². The average Bonchev–Trinajstić information content (AvgIpc) is 1.55. The summed E-state index contributed by atoms with van der Waals surface area (Å²) in [5, 5.41) is 120. The average molecular weight is 2080 g/mol. The van der Waals surface area contributed by atoms with Gasteiger partial charge in [-0.2, -0.15) is 25.3 Å². The van der Waals surface area contributed by atoms with Crippen molar-refractivity contribution in [3.8, 4) is 11.5 Å². The number of unbranched alkanes of at least 4 members (excludes halogenated alkanes) is 1. The van der Waals surface area contributed by atoms with Gasteiger partial charge in [0.2, 0.25) is 82.7 Å². The maximum absolute atomic E-state index is 15.3. The van der Waals surface area contributed by atoms with Crippen LogP contribution in [0.25, 0.3) is 10.8 Å². The summed E-state index contributed by atoms with van der Waals surface area (Å²) < 4.78 is 0. The number of nitrogens with one attached hydrogen (secondary N) is 24. The number of amides is 18. The summed E-state index contributed by atoms with van der Waals surface area (Å²) >= 11 is 8.68. The first-order valence-corrected chi connectivity index (χ1v) is 48.6. The summed E-state index contributed by atoms with van der Waals surface area (Å²) in [4.78, 5) is 242. The molecular formula is C90H140N34O20S2. The predicted octanol–water partition coefficient (Wildman–Crippen LogP) is -7.77. The highest BCUT2D eigenvalue weighted by Gasteiger charge is 2.43. The Morgan fingerprint density at radius 1 is 0.336 bits per heavy atom. The van der Waals surface area contributed by atoms with Gasteiger partial charge in [0, 0.05) is 83.0 Å². The molecule has 802 valence electrons. The lowest BCUT2D eigenvalue weighted by Crippen LogP contribution is -2.61. The number of guanidine groups is 5. The van der Waals surface area contributed by atoms with Gasteiger partial charge in [-0.3, -0.25) is 99.0 Å². The molecule has 56 heteroatoms. The lowest BCUT2D eigenvalue weighted by molar-refractivity contribution is -0.143. The first-order chi connectivity index (χ1) is 69.4. The fraction of sp³-hybridized carbons (Fsp3) is 0.511. The number of benzene rings is 4. The Morgan fingerprint density at radius 3 is 0.986 bits per heavy atom. The number of urea groups is 2. The fourth-order valence-electron chi connectivity index (χ4n) is 15.4. The molecule has 5 rings (SSSR count).